The van der Waals surface area contributed by atoms with Gasteiger partial charge in [-0.15, -0.1) is 0 Å². The van der Waals surface area contributed by atoms with Crippen molar-refractivity contribution in [3.05, 3.63) is 65.5 Å². The minimum Gasteiger partial charge on any atom is -0.462 e. The number of unbranched alkanes of at least 4 members (excludes halogenated alkanes) is 2. The molecule has 2 rings (SSSR count). The number of hydrogen-bond acceptors (Lipinski definition) is 3. The van der Waals surface area contributed by atoms with E-state index in [9.17, 15) is 14.0 Å². The van der Waals surface area contributed by atoms with Crippen LogP contribution in [0.2, 0.25) is 0 Å². The van der Waals surface area contributed by atoms with E-state index in [2.05, 4.69) is 12.2 Å². The molecule has 0 heterocycles. The van der Waals surface area contributed by atoms with Crippen LogP contribution in [0.4, 0.5) is 10.1 Å². The van der Waals surface area contributed by atoms with Gasteiger partial charge in [-0.25, -0.2) is 9.18 Å². The Hall–Kier alpha value is -2.69. The molecule has 126 valence electrons. The Morgan fingerprint density at radius 3 is 2.33 bits per heavy atom. The summed E-state index contributed by atoms with van der Waals surface area (Å²) in [6.07, 6.45) is 2.91. The van der Waals surface area contributed by atoms with Gasteiger partial charge in [0.2, 0.25) is 0 Å². The molecular formula is C19H20FNO3. The average Bonchev–Trinajstić information content (AvgIpc) is 2.60. The van der Waals surface area contributed by atoms with E-state index >= 15 is 0 Å². The van der Waals surface area contributed by atoms with Crippen LogP contribution >= 0.6 is 0 Å². The Morgan fingerprint density at radius 2 is 1.67 bits per heavy atom. The van der Waals surface area contributed by atoms with E-state index in [4.69, 9.17) is 4.74 Å². The van der Waals surface area contributed by atoms with E-state index in [1.807, 2.05) is 0 Å². The van der Waals surface area contributed by atoms with Crippen LogP contribution in [0.3, 0.4) is 0 Å². The summed E-state index contributed by atoms with van der Waals surface area (Å²) in [5.41, 5.74) is 0.830. The molecule has 0 saturated carbocycles. The smallest absolute Gasteiger partial charge is 0.338 e. The number of ether oxygens (including phenoxy) is 1. The number of benzene rings is 2. The highest BCUT2D eigenvalue weighted by atomic mass is 19.1. The lowest BCUT2D eigenvalue weighted by molar-refractivity contribution is 0.0498. The Kier molecular flexibility index (Phi) is 6.49. The minimum atomic E-state index is -0.502. The first-order valence-corrected chi connectivity index (χ1v) is 7.95. The molecule has 0 aliphatic rings. The second-order valence-corrected chi connectivity index (χ2v) is 5.35. The van der Waals surface area contributed by atoms with Crippen molar-refractivity contribution < 1.29 is 18.7 Å². The van der Waals surface area contributed by atoms with Crippen molar-refractivity contribution in [2.24, 2.45) is 0 Å². The summed E-state index contributed by atoms with van der Waals surface area (Å²) in [4.78, 5) is 23.9. The summed E-state index contributed by atoms with van der Waals surface area (Å²) >= 11 is 0. The van der Waals surface area contributed by atoms with Gasteiger partial charge in [-0.1, -0.05) is 31.9 Å². The van der Waals surface area contributed by atoms with Crippen molar-refractivity contribution in [1.29, 1.82) is 0 Å². The number of carbonyl (C=O) groups excluding carboxylic acids is 2. The van der Waals surface area contributed by atoms with Crippen LogP contribution < -0.4 is 5.32 Å². The molecule has 24 heavy (non-hydrogen) atoms. The number of hydrogen-bond donors (Lipinski definition) is 1. The molecule has 0 bridgehead atoms. The van der Waals surface area contributed by atoms with E-state index in [0.717, 1.165) is 19.3 Å². The molecule has 2 aromatic rings. The molecule has 5 heteroatoms. The molecule has 1 N–H and O–H groups in total. The normalized spacial score (nSPS) is 10.2. The maximum absolute atomic E-state index is 13.5. The van der Waals surface area contributed by atoms with Gasteiger partial charge in [0.25, 0.3) is 5.91 Å². The van der Waals surface area contributed by atoms with Crippen LogP contribution in [0.15, 0.2) is 48.5 Å². The third-order valence-electron chi connectivity index (χ3n) is 3.49. The number of nitrogens with one attached hydrogen (secondary N) is 1. The highest BCUT2D eigenvalue weighted by Gasteiger charge is 2.11. The summed E-state index contributed by atoms with van der Waals surface area (Å²) in [6.45, 7) is 2.47. The first-order valence-electron chi connectivity index (χ1n) is 7.95. The summed E-state index contributed by atoms with van der Waals surface area (Å²) in [6, 6.07) is 12.0. The van der Waals surface area contributed by atoms with Gasteiger partial charge in [-0.05, 0) is 42.8 Å². The maximum atomic E-state index is 13.5. The van der Waals surface area contributed by atoms with Gasteiger partial charge in [0.1, 0.15) is 5.82 Å². The lowest BCUT2D eigenvalue weighted by Crippen LogP contribution is -2.13. The first kappa shape index (κ1) is 17.7. The van der Waals surface area contributed by atoms with Crippen molar-refractivity contribution in [3.8, 4) is 0 Å². The highest BCUT2D eigenvalue weighted by Crippen LogP contribution is 2.14. The molecule has 0 saturated heterocycles. The zero-order valence-corrected chi connectivity index (χ0v) is 13.5. The number of esters is 1. The summed E-state index contributed by atoms with van der Waals surface area (Å²) in [5.74, 6) is -1.35. The highest BCUT2D eigenvalue weighted by molar-refractivity contribution is 6.04. The quantitative estimate of drug-likeness (QED) is 0.604. The van der Waals surface area contributed by atoms with Crippen molar-refractivity contribution >= 4 is 17.6 Å². The summed E-state index contributed by atoms with van der Waals surface area (Å²) < 4.78 is 18.7. The molecule has 2 aromatic carbocycles. The van der Waals surface area contributed by atoms with Gasteiger partial charge < -0.3 is 10.1 Å². The van der Waals surface area contributed by atoms with Crippen molar-refractivity contribution in [2.75, 3.05) is 11.9 Å². The van der Waals surface area contributed by atoms with E-state index < -0.39 is 17.7 Å². The van der Waals surface area contributed by atoms with Crippen LogP contribution in [-0.4, -0.2) is 18.5 Å². The standard InChI is InChI=1S/C19H20FNO3/c1-2-3-6-13-24-19(23)15-11-9-14(10-12-15)18(22)21-17-8-5-4-7-16(17)20/h4-5,7-12H,2-3,6,13H2,1H3,(H,21,22). The maximum Gasteiger partial charge on any atom is 0.338 e. The van der Waals surface area contributed by atoms with E-state index in [0.29, 0.717) is 17.7 Å². The Balaban J connectivity index is 1.95. The van der Waals surface area contributed by atoms with Gasteiger partial charge in [0.15, 0.2) is 0 Å². The van der Waals surface area contributed by atoms with E-state index in [-0.39, 0.29) is 5.69 Å². The fraction of sp³-hybridized carbons (Fsp3) is 0.263. The number of amides is 1. The number of rotatable bonds is 7. The molecule has 0 radical (unpaired) electrons. The van der Waals surface area contributed by atoms with Crippen LogP contribution in [-0.2, 0) is 4.74 Å². The minimum absolute atomic E-state index is 0.113. The lowest BCUT2D eigenvalue weighted by atomic mass is 10.1. The lowest BCUT2D eigenvalue weighted by Gasteiger charge is -2.07. The third kappa shape index (κ3) is 4.91. The Bertz CT molecular complexity index is 698. The fourth-order valence-electron chi connectivity index (χ4n) is 2.12. The zero-order chi connectivity index (χ0) is 17.4. The Morgan fingerprint density at radius 1 is 1.00 bits per heavy atom. The summed E-state index contributed by atoms with van der Waals surface area (Å²) in [7, 11) is 0. The topological polar surface area (TPSA) is 55.4 Å². The van der Waals surface area contributed by atoms with E-state index in [1.165, 1.54) is 36.4 Å². The molecular weight excluding hydrogens is 309 g/mol. The summed E-state index contributed by atoms with van der Waals surface area (Å²) in [5, 5.41) is 2.49. The van der Waals surface area contributed by atoms with Crippen molar-refractivity contribution in [3.63, 3.8) is 0 Å². The number of halogens is 1. The third-order valence-corrected chi connectivity index (χ3v) is 3.49. The van der Waals surface area contributed by atoms with Gasteiger partial charge >= 0.3 is 5.97 Å². The first-order chi connectivity index (χ1) is 11.6. The fourth-order valence-corrected chi connectivity index (χ4v) is 2.12. The van der Waals surface area contributed by atoms with Crippen LogP contribution in [0.25, 0.3) is 0 Å². The van der Waals surface area contributed by atoms with E-state index in [1.54, 1.807) is 12.1 Å². The van der Waals surface area contributed by atoms with Gasteiger partial charge in [-0.2, -0.15) is 0 Å². The monoisotopic (exact) mass is 329 g/mol. The predicted octanol–water partition coefficient (Wildman–Crippen LogP) is 4.43. The molecule has 0 fully saturated rings. The van der Waals surface area contributed by atoms with Crippen LogP contribution in [0, 0.1) is 5.82 Å². The molecule has 1 amide bonds. The van der Waals surface area contributed by atoms with Gasteiger partial charge in [0, 0.05) is 5.56 Å². The number of carbonyl (C=O) groups is 2. The van der Waals surface area contributed by atoms with Crippen LogP contribution in [0.5, 0.6) is 0 Å². The molecule has 0 aliphatic carbocycles. The molecule has 0 unspecified atom stereocenters. The van der Waals surface area contributed by atoms with Crippen molar-refractivity contribution in [1.82, 2.24) is 0 Å². The van der Waals surface area contributed by atoms with Gasteiger partial charge in [0.05, 0.1) is 17.9 Å². The van der Waals surface area contributed by atoms with Crippen molar-refractivity contribution in [2.45, 2.75) is 26.2 Å². The molecule has 0 aromatic heterocycles. The second-order valence-electron chi connectivity index (χ2n) is 5.35. The molecule has 0 atom stereocenters. The second kappa shape index (κ2) is 8.82. The average molecular weight is 329 g/mol. The SMILES string of the molecule is CCCCCOC(=O)c1ccc(C(=O)Nc2ccccc2F)cc1. The largest absolute Gasteiger partial charge is 0.462 e. The molecule has 0 spiro atoms. The zero-order valence-electron chi connectivity index (χ0n) is 13.5. The predicted molar refractivity (Wildman–Crippen MR) is 90.6 cm³/mol. The Labute approximate surface area is 140 Å². The molecule has 0 aliphatic heterocycles. The molecule has 4 nitrogen and oxygen atoms in total. The number of anilines is 1. The number of para-hydroxylation sites is 1. The van der Waals surface area contributed by atoms with Gasteiger partial charge in [-0.3, -0.25) is 4.79 Å². The van der Waals surface area contributed by atoms with Crippen LogP contribution in [0.1, 0.15) is 46.9 Å².